The Kier molecular flexibility index (Phi) is 3.98. The van der Waals surface area contributed by atoms with E-state index in [1.807, 2.05) is 0 Å². The molecule has 0 aliphatic carbocycles. The van der Waals surface area contributed by atoms with Crippen LogP contribution in [0.5, 0.6) is 0 Å². The van der Waals surface area contributed by atoms with E-state index in [0.29, 0.717) is 5.56 Å². The van der Waals surface area contributed by atoms with Crippen LogP contribution in [0.25, 0.3) is 6.08 Å². The Hall–Kier alpha value is -1.70. The van der Waals surface area contributed by atoms with Gasteiger partial charge in [0.15, 0.2) is 0 Å². The fourth-order valence-corrected chi connectivity index (χ4v) is 2.06. The highest BCUT2D eigenvalue weighted by Gasteiger charge is 2.35. The summed E-state index contributed by atoms with van der Waals surface area (Å²) in [7, 11) is 0. The van der Waals surface area contributed by atoms with E-state index in [1.165, 1.54) is 10.8 Å². The predicted octanol–water partition coefficient (Wildman–Crippen LogP) is -0.790. The van der Waals surface area contributed by atoms with Gasteiger partial charge in [0, 0.05) is 12.6 Å². The maximum absolute atomic E-state index is 11.7. The van der Waals surface area contributed by atoms with Gasteiger partial charge in [-0.2, -0.15) is 0 Å². The van der Waals surface area contributed by atoms with Crippen molar-refractivity contribution < 1.29 is 14.9 Å². The first-order chi connectivity index (χ1) is 9.06. The van der Waals surface area contributed by atoms with Crippen molar-refractivity contribution in [3.8, 4) is 0 Å². The molecular formula is C12H16N2O5. The normalized spacial score (nSPS) is 27.2. The SMILES string of the molecule is C/C=C/c1cn([C@H]2C[C@H](O)[C@@H](CO)O2)c(=O)[nH]c1=O. The molecule has 0 amide bonds. The second-order valence-electron chi connectivity index (χ2n) is 4.37. The van der Waals surface area contributed by atoms with Crippen LogP contribution < -0.4 is 11.2 Å². The van der Waals surface area contributed by atoms with Crippen LogP contribution in [0.3, 0.4) is 0 Å². The van der Waals surface area contributed by atoms with Crippen molar-refractivity contribution in [1.82, 2.24) is 9.55 Å². The van der Waals surface area contributed by atoms with Gasteiger partial charge in [0.1, 0.15) is 12.3 Å². The van der Waals surface area contributed by atoms with Gasteiger partial charge in [-0.05, 0) is 6.92 Å². The zero-order valence-electron chi connectivity index (χ0n) is 10.4. The highest BCUT2D eigenvalue weighted by Crippen LogP contribution is 2.27. The fraction of sp³-hybridized carbons (Fsp3) is 0.500. The third kappa shape index (κ3) is 2.67. The van der Waals surface area contributed by atoms with Crippen LogP contribution in [0, 0.1) is 0 Å². The van der Waals surface area contributed by atoms with Gasteiger partial charge < -0.3 is 14.9 Å². The van der Waals surface area contributed by atoms with E-state index in [0.717, 1.165) is 0 Å². The molecule has 1 fully saturated rings. The van der Waals surface area contributed by atoms with Crippen molar-refractivity contribution in [2.45, 2.75) is 31.8 Å². The number of hydrogen-bond acceptors (Lipinski definition) is 5. The van der Waals surface area contributed by atoms with Gasteiger partial charge in [-0.25, -0.2) is 4.79 Å². The van der Waals surface area contributed by atoms with Gasteiger partial charge in [0.2, 0.25) is 0 Å². The molecule has 0 aromatic carbocycles. The number of allylic oxidation sites excluding steroid dienone is 1. The Bertz CT molecular complexity index is 589. The summed E-state index contributed by atoms with van der Waals surface area (Å²) in [5.41, 5.74) is -0.752. The van der Waals surface area contributed by atoms with E-state index in [9.17, 15) is 14.7 Å². The molecule has 1 saturated heterocycles. The molecule has 7 heteroatoms. The molecule has 1 aromatic rings. The zero-order valence-corrected chi connectivity index (χ0v) is 10.4. The van der Waals surface area contributed by atoms with Crippen LogP contribution in [0.2, 0.25) is 0 Å². The number of aromatic amines is 1. The number of aliphatic hydroxyl groups excluding tert-OH is 2. The molecule has 2 rings (SSSR count). The summed E-state index contributed by atoms with van der Waals surface area (Å²) in [6.07, 6.45) is 2.59. The summed E-state index contributed by atoms with van der Waals surface area (Å²) < 4.78 is 6.60. The van der Waals surface area contributed by atoms with Crippen molar-refractivity contribution >= 4 is 6.08 Å². The number of rotatable bonds is 3. The van der Waals surface area contributed by atoms with Crippen LogP contribution in [0.15, 0.2) is 21.9 Å². The molecule has 3 N–H and O–H groups in total. The van der Waals surface area contributed by atoms with Crippen LogP contribution in [-0.2, 0) is 4.74 Å². The van der Waals surface area contributed by atoms with Gasteiger partial charge in [-0.1, -0.05) is 12.2 Å². The lowest BCUT2D eigenvalue weighted by molar-refractivity contribution is -0.0459. The summed E-state index contributed by atoms with van der Waals surface area (Å²) >= 11 is 0. The maximum atomic E-state index is 11.7. The lowest BCUT2D eigenvalue weighted by Crippen LogP contribution is -2.33. The Labute approximate surface area is 108 Å². The predicted molar refractivity (Wildman–Crippen MR) is 67.7 cm³/mol. The molecule has 19 heavy (non-hydrogen) atoms. The summed E-state index contributed by atoms with van der Waals surface area (Å²) in [5, 5.41) is 18.7. The first-order valence-electron chi connectivity index (χ1n) is 5.99. The molecule has 2 heterocycles. The van der Waals surface area contributed by atoms with Crippen molar-refractivity contribution in [1.29, 1.82) is 0 Å². The lowest BCUT2D eigenvalue weighted by Gasteiger charge is -2.14. The molecule has 1 aliphatic heterocycles. The summed E-state index contributed by atoms with van der Waals surface area (Å²) in [6, 6.07) is 0. The molecule has 3 atom stereocenters. The molecular weight excluding hydrogens is 252 g/mol. The Morgan fingerprint density at radius 1 is 1.58 bits per heavy atom. The van der Waals surface area contributed by atoms with E-state index in [-0.39, 0.29) is 13.0 Å². The Balaban J connectivity index is 2.38. The fourth-order valence-electron chi connectivity index (χ4n) is 2.06. The van der Waals surface area contributed by atoms with E-state index in [2.05, 4.69) is 4.98 Å². The van der Waals surface area contributed by atoms with E-state index in [1.54, 1.807) is 19.1 Å². The maximum Gasteiger partial charge on any atom is 0.330 e. The van der Waals surface area contributed by atoms with Gasteiger partial charge in [-0.3, -0.25) is 14.3 Å². The highest BCUT2D eigenvalue weighted by molar-refractivity contribution is 5.45. The molecule has 0 spiro atoms. The van der Waals surface area contributed by atoms with E-state index < -0.39 is 29.7 Å². The number of ether oxygens (including phenoxy) is 1. The lowest BCUT2D eigenvalue weighted by atomic mass is 10.2. The Morgan fingerprint density at radius 2 is 2.32 bits per heavy atom. The van der Waals surface area contributed by atoms with Gasteiger partial charge in [0.05, 0.1) is 18.3 Å². The minimum atomic E-state index is -0.834. The van der Waals surface area contributed by atoms with Crippen LogP contribution in [0.1, 0.15) is 25.1 Å². The van der Waals surface area contributed by atoms with Gasteiger partial charge in [0.25, 0.3) is 5.56 Å². The molecule has 1 aromatic heterocycles. The van der Waals surface area contributed by atoms with Crippen LogP contribution in [0.4, 0.5) is 0 Å². The highest BCUT2D eigenvalue weighted by atomic mass is 16.5. The summed E-state index contributed by atoms with van der Waals surface area (Å²) in [4.78, 5) is 25.5. The zero-order chi connectivity index (χ0) is 14.0. The monoisotopic (exact) mass is 268 g/mol. The molecule has 0 radical (unpaired) electrons. The molecule has 7 nitrogen and oxygen atoms in total. The summed E-state index contributed by atoms with van der Waals surface area (Å²) in [5.74, 6) is 0. The van der Waals surface area contributed by atoms with Gasteiger partial charge in [-0.15, -0.1) is 0 Å². The van der Waals surface area contributed by atoms with Crippen molar-refractivity contribution in [2.24, 2.45) is 0 Å². The molecule has 0 saturated carbocycles. The number of hydrogen-bond donors (Lipinski definition) is 3. The third-order valence-corrected chi connectivity index (χ3v) is 3.04. The van der Waals surface area contributed by atoms with Crippen LogP contribution in [-0.4, -0.2) is 38.6 Å². The quantitative estimate of drug-likeness (QED) is 0.666. The second kappa shape index (κ2) is 5.52. The average Bonchev–Trinajstić information content (AvgIpc) is 2.74. The minimum absolute atomic E-state index is 0.187. The second-order valence-corrected chi connectivity index (χ2v) is 4.37. The number of aromatic nitrogens is 2. The molecule has 104 valence electrons. The first kappa shape index (κ1) is 13.7. The largest absolute Gasteiger partial charge is 0.394 e. The van der Waals surface area contributed by atoms with Gasteiger partial charge >= 0.3 is 5.69 Å². The number of aliphatic hydroxyl groups is 2. The standard InChI is InChI=1S/C12H16N2O5/c1-2-3-7-5-14(12(18)13-11(7)17)10-4-8(16)9(6-15)19-10/h2-3,5,8-10,15-16H,4,6H2,1H3,(H,13,17,18)/b3-2+/t8-,9+,10+/m0/s1. The smallest absolute Gasteiger partial charge is 0.330 e. The summed E-state index contributed by atoms with van der Waals surface area (Å²) in [6.45, 7) is 1.43. The number of nitrogens with zero attached hydrogens (tertiary/aromatic N) is 1. The molecule has 0 bridgehead atoms. The minimum Gasteiger partial charge on any atom is -0.394 e. The third-order valence-electron chi connectivity index (χ3n) is 3.04. The Morgan fingerprint density at radius 3 is 2.89 bits per heavy atom. The van der Waals surface area contributed by atoms with Crippen molar-refractivity contribution in [3.05, 3.63) is 38.7 Å². The topological polar surface area (TPSA) is 105 Å². The average molecular weight is 268 g/mol. The van der Waals surface area contributed by atoms with Crippen molar-refractivity contribution in [2.75, 3.05) is 6.61 Å². The number of nitrogens with one attached hydrogen (secondary N) is 1. The first-order valence-corrected chi connectivity index (χ1v) is 5.99. The number of H-pyrrole nitrogens is 1. The molecule has 0 unspecified atom stereocenters. The van der Waals surface area contributed by atoms with E-state index in [4.69, 9.17) is 9.84 Å². The van der Waals surface area contributed by atoms with E-state index >= 15 is 0 Å². The molecule has 1 aliphatic rings. The van der Waals surface area contributed by atoms with Crippen molar-refractivity contribution in [3.63, 3.8) is 0 Å². The van der Waals surface area contributed by atoms with Crippen LogP contribution >= 0.6 is 0 Å².